The summed E-state index contributed by atoms with van der Waals surface area (Å²) < 4.78 is 0. The zero-order valence-electron chi connectivity index (χ0n) is 10.2. The van der Waals surface area contributed by atoms with Crippen LogP contribution in [0.25, 0.3) is 0 Å². The van der Waals surface area contributed by atoms with Crippen LogP contribution in [0.1, 0.15) is 29.8 Å². The third-order valence-corrected chi connectivity index (χ3v) is 2.68. The minimum atomic E-state index is 0.247. The van der Waals surface area contributed by atoms with E-state index in [2.05, 4.69) is 35.2 Å². The maximum absolute atomic E-state index is 4.33. The average molecular weight is 227 g/mol. The summed E-state index contributed by atoms with van der Waals surface area (Å²) >= 11 is 0. The summed E-state index contributed by atoms with van der Waals surface area (Å²) in [5.41, 5.74) is 3.45. The van der Waals surface area contributed by atoms with Crippen LogP contribution in [0, 0.1) is 6.92 Å². The lowest BCUT2D eigenvalue weighted by Gasteiger charge is -2.13. The molecule has 0 unspecified atom stereocenters. The molecule has 1 N–H and O–H groups in total. The van der Waals surface area contributed by atoms with Crippen LogP contribution in [0.5, 0.6) is 0 Å². The molecule has 2 heterocycles. The molecule has 0 saturated carbocycles. The first-order valence-electron chi connectivity index (χ1n) is 5.80. The van der Waals surface area contributed by atoms with Crippen molar-refractivity contribution in [2.45, 2.75) is 26.4 Å². The summed E-state index contributed by atoms with van der Waals surface area (Å²) in [4.78, 5) is 8.51. The smallest absolute Gasteiger partial charge is 0.0570 e. The van der Waals surface area contributed by atoms with Crippen LogP contribution in [-0.2, 0) is 6.54 Å². The minimum absolute atomic E-state index is 0.247. The van der Waals surface area contributed by atoms with E-state index in [9.17, 15) is 0 Å². The summed E-state index contributed by atoms with van der Waals surface area (Å²) in [7, 11) is 0. The molecular weight excluding hydrogens is 210 g/mol. The number of hydrogen-bond acceptors (Lipinski definition) is 3. The van der Waals surface area contributed by atoms with E-state index in [-0.39, 0.29) is 6.04 Å². The molecule has 0 aliphatic heterocycles. The lowest BCUT2D eigenvalue weighted by molar-refractivity contribution is 0.560. The summed E-state index contributed by atoms with van der Waals surface area (Å²) in [6.07, 6.45) is 5.58. The minimum Gasteiger partial charge on any atom is -0.305 e. The van der Waals surface area contributed by atoms with Gasteiger partial charge in [0.15, 0.2) is 0 Å². The molecule has 0 aliphatic carbocycles. The van der Waals surface area contributed by atoms with Gasteiger partial charge in [-0.1, -0.05) is 12.1 Å². The molecule has 0 saturated heterocycles. The molecule has 2 rings (SSSR count). The van der Waals surface area contributed by atoms with E-state index in [1.165, 1.54) is 11.1 Å². The Morgan fingerprint density at radius 3 is 2.88 bits per heavy atom. The zero-order valence-corrected chi connectivity index (χ0v) is 10.2. The number of nitrogens with one attached hydrogen (secondary N) is 1. The topological polar surface area (TPSA) is 37.8 Å². The van der Waals surface area contributed by atoms with Gasteiger partial charge in [0.2, 0.25) is 0 Å². The molecule has 2 aromatic rings. The highest BCUT2D eigenvalue weighted by Gasteiger charge is 2.05. The molecule has 0 fully saturated rings. The molecule has 17 heavy (non-hydrogen) atoms. The largest absolute Gasteiger partial charge is 0.305 e. The molecule has 3 nitrogen and oxygen atoms in total. The fourth-order valence-corrected chi connectivity index (χ4v) is 1.72. The Morgan fingerprint density at radius 2 is 2.18 bits per heavy atom. The second kappa shape index (κ2) is 5.55. The van der Waals surface area contributed by atoms with Crippen molar-refractivity contribution in [2.75, 3.05) is 0 Å². The SMILES string of the molecule is Cc1cncc(CN[C@@H](C)c2ccccn2)c1. The van der Waals surface area contributed by atoms with Crippen molar-refractivity contribution in [1.82, 2.24) is 15.3 Å². The van der Waals surface area contributed by atoms with E-state index >= 15 is 0 Å². The molecule has 3 heteroatoms. The van der Waals surface area contributed by atoms with Gasteiger partial charge in [-0.3, -0.25) is 9.97 Å². The Morgan fingerprint density at radius 1 is 1.29 bits per heavy atom. The quantitative estimate of drug-likeness (QED) is 0.872. The molecular formula is C14H17N3. The molecule has 88 valence electrons. The first kappa shape index (κ1) is 11.7. The van der Waals surface area contributed by atoms with Crippen LogP contribution in [-0.4, -0.2) is 9.97 Å². The van der Waals surface area contributed by atoms with E-state index in [0.717, 1.165) is 12.2 Å². The van der Waals surface area contributed by atoms with E-state index in [1.807, 2.05) is 36.8 Å². The van der Waals surface area contributed by atoms with Crippen LogP contribution in [0.2, 0.25) is 0 Å². The van der Waals surface area contributed by atoms with Gasteiger partial charge in [0.1, 0.15) is 0 Å². The number of nitrogens with zero attached hydrogens (tertiary/aromatic N) is 2. The molecule has 0 radical (unpaired) electrons. The molecule has 0 aromatic carbocycles. The monoisotopic (exact) mass is 227 g/mol. The summed E-state index contributed by atoms with van der Waals surface area (Å²) in [5.74, 6) is 0. The van der Waals surface area contributed by atoms with Gasteiger partial charge in [0.25, 0.3) is 0 Å². The Kier molecular flexibility index (Phi) is 3.83. The van der Waals surface area contributed by atoms with Gasteiger partial charge in [0.05, 0.1) is 5.69 Å². The molecule has 0 amide bonds. The van der Waals surface area contributed by atoms with Gasteiger partial charge in [-0.25, -0.2) is 0 Å². The third kappa shape index (κ3) is 3.36. The summed E-state index contributed by atoms with van der Waals surface area (Å²) in [5, 5.41) is 3.44. The predicted molar refractivity (Wildman–Crippen MR) is 68.5 cm³/mol. The van der Waals surface area contributed by atoms with Crippen molar-refractivity contribution in [3.8, 4) is 0 Å². The van der Waals surface area contributed by atoms with Crippen LogP contribution < -0.4 is 5.32 Å². The lowest BCUT2D eigenvalue weighted by Crippen LogP contribution is -2.19. The predicted octanol–water partition coefficient (Wildman–Crippen LogP) is 2.64. The first-order chi connectivity index (χ1) is 8.25. The van der Waals surface area contributed by atoms with Gasteiger partial charge in [0, 0.05) is 31.2 Å². The van der Waals surface area contributed by atoms with Gasteiger partial charge in [-0.15, -0.1) is 0 Å². The lowest BCUT2D eigenvalue weighted by atomic mass is 10.2. The van der Waals surface area contributed by atoms with Gasteiger partial charge in [-0.2, -0.15) is 0 Å². The summed E-state index contributed by atoms with van der Waals surface area (Å²) in [6, 6.07) is 8.36. The van der Waals surface area contributed by atoms with E-state index < -0.39 is 0 Å². The highest BCUT2D eigenvalue weighted by Crippen LogP contribution is 2.09. The number of aromatic nitrogens is 2. The van der Waals surface area contributed by atoms with Gasteiger partial charge in [-0.05, 0) is 37.1 Å². The third-order valence-electron chi connectivity index (χ3n) is 2.68. The number of aryl methyl sites for hydroxylation is 1. The number of pyridine rings is 2. The Bertz CT molecular complexity index is 468. The average Bonchev–Trinajstić information content (AvgIpc) is 2.37. The highest BCUT2D eigenvalue weighted by atomic mass is 14.9. The van der Waals surface area contributed by atoms with E-state index in [4.69, 9.17) is 0 Å². The van der Waals surface area contributed by atoms with Crippen molar-refractivity contribution in [2.24, 2.45) is 0 Å². The van der Waals surface area contributed by atoms with Crippen molar-refractivity contribution < 1.29 is 0 Å². The molecule has 0 spiro atoms. The number of rotatable bonds is 4. The summed E-state index contributed by atoms with van der Waals surface area (Å²) in [6.45, 7) is 4.98. The van der Waals surface area contributed by atoms with Crippen LogP contribution in [0.15, 0.2) is 42.9 Å². The first-order valence-corrected chi connectivity index (χ1v) is 5.80. The van der Waals surface area contributed by atoms with Crippen molar-refractivity contribution >= 4 is 0 Å². The fraction of sp³-hybridized carbons (Fsp3) is 0.286. The highest BCUT2D eigenvalue weighted by molar-refractivity contribution is 5.17. The second-order valence-electron chi connectivity index (χ2n) is 4.23. The van der Waals surface area contributed by atoms with Crippen LogP contribution >= 0.6 is 0 Å². The molecule has 0 bridgehead atoms. The maximum Gasteiger partial charge on any atom is 0.0570 e. The Hall–Kier alpha value is -1.74. The normalized spacial score (nSPS) is 12.4. The Balaban J connectivity index is 1.95. The maximum atomic E-state index is 4.33. The fourth-order valence-electron chi connectivity index (χ4n) is 1.72. The standard InChI is InChI=1S/C14H17N3/c1-11-7-13(9-15-8-11)10-17-12(2)14-5-3-4-6-16-14/h3-9,12,17H,10H2,1-2H3/t12-/m0/s1. The van der Waals surface area contributed by atoms with E-state index in [1.54, 1.807) is 0 Å². The van der Waals surface area contributed by atoms with Crippen molar-refractivity contribution in [1.29, 1.82) is 0 Å². The second-order valence-corrected chi connectivity index (χ2v) is 4.23. The van der Waals surface area contributed by atoms with Gasteiger partial charge < -0.3 is 5.32 Å². The molecule has 0 aliphatic rings. The molecule has 2 aromatic heterocycles. The van der Waals surface area contributed by atoms with E-state index in [0.29, 0.717) is 0 Å². The Labute approximate surface area is 102 Å². The van der Waals surface area contributed by atoms with Crippen molar-refractivity contribution in [3.05, 3.63) is 59.7 Å². The zero-order chi connectivity index (χ0) is 12.1. The van der Waals surface area contributed by atoms with Gasteiger partial charge >= 0.3 is 0 Å². The van der Waals surface area contributed by atoms with Crippen molar-refractivity contribution in [3.63, 3.8) is 0 Å². The number of hydrogen-bond donors (Lipinski definition) is 1. The van der Waals surface area contributed by atoms with Crippen LogP contribution in [0.4, 0.5) is 0 Å². The molecule has 1 atom stereocenters. The van der Waals surface area contributed by atoms with Crippen LogP contribution in [0.3, 0.4) is 0 Å².